The van der Waals surface area contributed by atoms with Crippen molar-refractivity contribution in [3.05, 3.63) is 34.9 Å². The zero-order chi connectivity index (χ0) is 21.7. The lowest BCUT2D eigenvalue weighted by Gasteiger charge is -2.13. The maximum absolute atomic E-state index is 3.66. The van der Waals surface area contributed by atoms with Crippen LogP contribution in [0.5, 0.6) is 0 Å². The minimum Gasteiger partial charge on any atom is -0.313 e. The largest absolute Gasteiger partial charge is 0.313 e. The van der Waals surface area contributed by atoms with Gasteiger partial charge in [0.2, 0.25) is 0 Å². The van der Waals surface area contributed by atoms with E-state index in [1.807, 2.05) is 0 Å². The first-order valence-electron chi connectivity index (χ1n) is 13.0. The summed E-state index contributed by atoms with van der Waals surface area (Å²) in [6, 6.07) is 7.18. The van der Waals surface area contributed by atoms with Gasteiger partial charge in [0.15, 0.2) is 0 Å². The second-order valence-electron chi connectivity index (χ2n) is 8.87. The summed E-state index contributed by atoms with van der Waals surface area (Å²) in [5.41, 5.74) is 4.29. The first kappa shape index (κ1) is 27.1. The average molecular weight is 418 g/mol. The molecule has 30 heavy (non-hydrogen) atoms. The van der Waals surface area contributed by atoms with Gasteiger partial charge in [-0.1, -0.05) is 96.8 Å². The van der Waals surface area contributed by atoms with Gasteiger partial charge in [0.1, 0.15) is 0 Å². The maximum Gasteiger partial charge on any atom is 0.0205 e. The SMILES string of the molecule is CCCCCCNCc1cc(CNCCCCCC)cc(CNCCCCCC)c1. The second kappa shape index (κ2) is 20.0. The Morgan fingerprint density at radius 2 is 0.733 bits per heavy atom. The molecular formula is C27H51N3. The van der Waals surface area contributed by atoms with Gasteiger partial charge in [-0.15, -0.1) is 0 Å². The molecule has 0 spiro atoms. The van der Waals surface area contributed by atoms with E-state index in [1.54, 1.807) is 0 Å². The Morgan fingerprint density at radius 3 is 1.00 bits per heavy atom. The monoisotopic (exact) mass is 417 g/mol. The van der Waals surface area contributed by atoms with Gasteiger partial charge in [-0.05, 0) is 55.6 Å². The Kier molecular flexibility index (Phi) is 18.1. The third-order valence-corrected chi connectivity index (χ3v) is 5.72. The summed E-state index contributed by atoms with van der Waals surface area (Å²) in [4.78, 5) is 0. The van der Waals surface area contributed by atoms with Gasteiger partial charge in [-0.2, -0.15) is 0 Å². The van der Waals surface area contributed by atoms with Gasteiger partial charge in [0.25, 0.3) is 0 Å². The van der Waals surface area contributed by atoms with Crippen molar-refractivity contribution in [1.82, 2.24) is 16.0 Å². The Labute approximate surface area is 188 Å². The van der Waals surface area contributed by atoms with Crippen LogP contribution in [0.3, 0.4) is 0 Å². The third kappa shape index (κ3) is 15.0. The van der Waals surface area contributed by atoms with Crippen LogP contribution in [0, 0.1) is 0 Å². The van der Waals surface area contributed by atoms with Gasteiger partial charge < -0.3 is 16.0 Å². The van der Waals surface area contributed by atoms with Crippen LogP contribution >= 0.6 is 0 Å². The van der Waals surface area contributed by atoms with E-state index in [4.69, 9.17) is 0 Å². The lowest BCUT2D eigenvalue weighted by atomic mass is 10.0. The molecule has 0 radical (unpaired) electrons. The minimum absolute atomic E-state index is 0.986. The van der Waals surface area contributed by atoms with Gasteiger partial charge >= 0.3 is 0 Å². The smallest absolute Gasteiger partial charge is 0.0205 e. The number of benzene rings is 1. The Morgan fingerprint density at radius 1 is 0.433 bits per heavy atom. The highest BCUT2D eigenvalue weighted by Crippen LogP contribution is 2.12. The number of rotatable bonds is 21. The van der Waals surface area contributed by atoms with E-state index < -0.39 is 0 Å². The molecule has 1 aromatic rings. The molecule has 0 atom stereocenters. The molecule has 0 aromatic heterocycles. The van der Waals surface area contributed by atoms with Crippen molar-refractivity contribution in [3.8, 4) is 0 Å². The van der Waals surface area contributed by atoms with Crippen molar-refractivity contribution in [1.29, 1.82) is 0 Å². The lowest BCUT2D eigenvalue weighted by Crippen LogP contribution is -2.19. The van der Waals surface area contributed by atoms with E-state index in [0.29, 0.717) is 0 Å². The molecule has 1 rings (SSSR count). The van der Waals surface area contributed by atoms with E-state index in [2.05, 4.69) is 54.9 Å². The molecule has 0 aliphatic rings. The zero-order valence-electron chi connectivity index (χ0n) is 20.5. The van der Waals surface area contributed by atoms with Crippen LogP contribution in [0.25, 0.3) is 0 Å². The molecule has 174 valence electrons. The Bertz CT molecular complexity index is 417. The van der Waals surface area contributed by atoms with E-state index in [-0.39, 0.29) is 0 Å². The number of hydrogen-bond acceptors (Lipinski definition) is 3. The summed E-state index contributed by atoms with van der Waals surface area (Å²) in [6.45, 7) is 13.2. The molecule has 3 N–H and O–H groups in total. The summed E-state index contributed by atoms with van der Waals surface area (Å²) in [7, 11) is 0. The van der Waals surface area contributed by atoms with Crippen LogP contribution in [-0.4, -0.2) is 19.6 Å². The highest BCUT2D eigenvalue weighted by molar-refractivity contribution is 5.30. The van der Waals surface area contributed by atoms with E-state index >= 15 is 0 Å². The number of nitrogens with one attached hydrogen (secondary N) is 3. The molecule has 0 bridgehead atoms. The fraction of sp³-hybridized carbons (Fsp3) is 0.778. The molecule has 0 aliphatic carbocycles. The number of unbranched alkanes of at least 4 members (excludes halogenated alkanes) is 9. The molecule has 1 aromatic carbocycles. The van der Waals surface area contributed by atoms with Crippen LogP contribution in [-0.2, 0) is 19.6 Å². The van der Waals surface area contributed by atoms with Gasteiger partial charge in [-0.3, -0.25) is 0 Å². The molecule has 3 heteroatoms. The quantitative estimate of drug-likeness (QED) is 0.195. The minimum atomic E-state index is 0.986. The second-order valence-corrected chi connectivity index (χ2v) is 8.87. The van der Waals surface area contributed by atoms with E-state index in [9.17, 15) is 0 Å². The van der Waals surface area contributed by atoms with Crippen LogP contribution in [0.2, 0.25) is 0 Å². The van der Waals surface area contributed by atoms with Crippen molar-refractivity contribution in [2.45, 2.75) is 117 Å². The third-order valence-electron chi connectivity index (χ3n) is 5.72. The van der Waals surface area contributed by atoms with Crippen LogP contribution in [0.1, 0.15) is 115 Å². The fourth-order valence-corrected chi connectivity index (χ4v) is 3.87. The van der Waals surface area contributed by atoms with Crippen LogP contribution in [0.15, 0.2) is 18.2 Å². The van der Waals surface area contributed by atoms with Crippen LogP contribution in [0.4, 0.5) is 0 Å². The van der Waals surface area contributed by atoms with Gasteiger partial charge in [0, 0.05) is 19.6 Å². The Balaban J connectivity index is 2.47. The van der Waals surface area contributed by atoms with Crippen molar-refractivity contribution < 1.29 is 0 Å². The first-order chi connectivity index (χ1) is 14.8. The maximum atomic E-state index is 3.66. The normalized spacial score (nSPS) is 11.3. The van der Waals surface area contributed by atoms with Crippen molar-refractivity contribution >= 4 is 0 Å². The highest BCUT2D eigenvalue weighted by Gasteiger charge is 2.03. The molecule has 0 aliphatic heterocycles. The topological polar surface area (TPSA) is 36.1 Å². The molecule has 0 amide bonds. The van der Waals surface area contributed by atoms with Crippen LogP contribution < -0.4 is 16.0 Å². The van der Waals surface area contributed by atoms with Gasteiger partial charge in [0.05, 0.1) is 0 Å². The number of hydrogen-bond donors (Lipinski definition) is 3. The predicted molar refractivity (Wildman–Crippen MR) is 134 cm³/mol. The predicted octanol–water partition coefficient (Wildman–Crippen LogP) is 6.70. The summed E-state index contributed by atoms with van der Waals surface area (Å²) in [5.74, 6) is 0. The zero-order valence-corrected chi connectivity index (χ0v) is 20.5. The lowest BCUT2D eigenvalue weighted by molar-refractivity contribution is 0.589. The van der Waals surface area contributed by atoms with Crippen molar-refractivity contribution in [2.24, 2.45) is 0 Å². The molecule has 0 fully saturated rings. The summed E-state index contributed by atoms with van der Waals surface area (Å²) < 4.78 is 0. The fourth-order valence-electron chi connectivity index (χ4n) is 3.87. The molecule has 0 heterocycles. The summed E-state index contributed by atoms with van der Waals surface area (Å²) in [5, 5.41) is 11.0. The van der Waals surface area contributed by atoms with E-state index in [0.717, 1.165) is 39.3 Å². The molecule has 3 nitrogen and oxygen atoms in total. The summed E-state index contributed by atoms with van der Waals surface area (Å²) >= 11 is 0. The average Bonchev–Trinajstić information content (AvgIpc) is 2.75. The first-order valence-corrected chi connectivity index (χ1v) is 13.0. The molecule has 0 saturated heterocycles. The summed E-state index contributed by atoms with van der Waals surface area (Å²) in [6.07, 6.45) is 15.9. The standard InChI is InChI=1S/C27H51N3/c1-4-7-10-13-16-28-22-25-19-26(23-29-17-14-11-8-5-2)21-27(20-25)24-30-18-15-12-9-6-3/h19-21,28-30H,4-18,22-24H2,1-3H3. The van der Waals surface area contributed by atoms with Crippen molar-refractivity contribution in [2.75, 3.05) is 19.6 Å². The van der Waals surface area contributed by atoms with Gasteiger partial charge in [-0.25, -0.2) is 0 Å². The Hall–Kier alpha value is -0.900. The highest BCUT2D eigenvalue weighted by atomic mass is 14.9. The molecule has 0 unspecified atom stereocenters. The molecule has 0 saturated carbocycles. The molecular weight excluding hydrogens is 366 g/mol. The van der Waals surface area contributed by atoms with Crippen molar-refractivity contribution in [3.63, 3.8) is 0 Å². The van der Waals surface area contributed by atoms with E-state index in [1.165, 1.54) is 93.7 Å².